The molecule has 0 saturated carbocycles. The molecule has 0 bridgehead atoms. The highest BCUT2D eigenvalue weighted by Crippen LogP contribution is 2.21. The topological polar surface area (TPSA) is 55.1 Å². The van der Waals surface area contributed by atoms with Gasteiger partial charge in [-0.1, -0.05) is 0 Å². The first-order valence-electron chi connectivity index (χ1n) is 4.15. The summed E-state index contributed by atoms with van der Waals surface area (Å²) in [6.45, 7) is 3.86. The molecule has 3 heteroatoms. The molecule has 13 heavy (non-hydrogen) atoms. The van der Waals surface area contributed by atoms with Gasteiger partial charge in [0.25, 0.3) is 0 Å². The zero-order valence-electron chi connectivity index (χ0n) is 8.14. The fraction of sp³-hybridized carbons (Fsp3) is 0.300. The van der Waals surface area contributed by atoms with Gasteiger partial charge in [0, 0.05) is 18.3 Å². The standard InChI is InChI=1S/C10H14N2O/c1-6-7(2)9(12-3)5-4-8(6)10(11)13/h4-5,12H,1-3H3,(H2,11,13). The van der Waals surface area contributed by atoms with E-state index in [-0.39, 0.29) is 5.91 Å². The van der Waals surface area contributed by atoms with Crippen LogP contribution >= 0.6 is 0 Å². The molecule has 1 amide bonds. The van der Waals surface area contributed by atoms with Crippen molar-refractivity contribution in [2.45, 2.75) is 13.8 Å². The predicted octanol–water partition coefficient (Wildman–Crippen LogP) is 1.44. The maximum atomic E-state index is 11.0. The number of hydrogen-bond donors (Lipinski definition) is 2. The molecule has 0 heterocycles. The van der Waals surface area contributed by atoms with Gasteiger partial charge in [0.2, 0.25) is 5.91 Å². The number of rotatable bonds is 2. The van der Waals surface area contributed by atoms with Crippen LogP contribution < -0.4 is 11.1 Å². The molecule has 70 valence electrons. The van der Waals surface area contributed by atoms with E-state index >= 15 is 0 Å². The highest BCUT2D eigenvalue weighted by atomic mass is 16.1. The van der Waals surface area contributed by atoms with Crippen LogP contribution in [0.4, 0.5) is 5.69 Å². The second kappa shape index (κ2) is 3.47. The van der Waals surface area contributed by atoms with Crippen LogP contribution in [0.1, 0.15) is 21.5 Å². The van der Waals surface area contributed by atoms with Crippen LogP contribution in [0.25, 0.3) is 0 Å². The first kappa shape index (κ1) is 9.58. The molecule has 0 aliphatic carbocycles. The molecule has 1 aromatic carbocycles. The lowest BCUT2D eigenvalue weighted by Crippen LogP contribution is -2.13. The third kappa shape index (κ3) is 1.64. The Morgan fingerprint density at radius 1 is 1.31 bits per heavy atom. The SMILES string of the molecule is CNc1ccc(C(N)=O)c(C)c1C. The lowest BCUT2D eigenvalue weighted by Gasteiger charge is -2.10. The maximum Gasteiger partial charge on any atom is 0.248 e. The molecule has 0 radical (unpaired) electrons. The number of amides is 1. The van der Waals surface area contributed by atoms with Gasteiger partial charge in [-0.2, -0.15) is 0 Å². The molecule has 0 aliphatic rings. The minimum Gasteiger partial charge on any atom is -0.388 e. The Hall–Kier alpha value is -1.51. The molecule has 0 aliphatic heterocycles. The highest BCUT2D eigenvalue weighted by molar-refractivity contribution is 5.95. The van der Waals surface area contributed by atoms with E-state index in [9.17, 15) is 4.79 Å². The fourth-order valence-electron chi connectivity index (χ4n) is 1.36. The van der Waals surface area contributed by atoms with Gasteiger partial charge in [-0.3, -0.25) is 4.79 Å². The monoisotopic (exact) mass is 178 g/mol. The Labute approximate surface area is 77.9 Å². The number of benzene rings is 1. The van der Waals surface area contributed by atoms with Crippen molar-refractivity contribution in [1.82, 2.24) is 0 Å². The molecule has 0 unspecified atom stereocenters. The lowest BCUT2D eigenvalue weighted by molar-refractivity contribution is 0.0999. The van der Waals surface area contributed by atoms with Gasteiger partial charge in [-0.25, -0.2) is 0 Å². The Kier molecular flexibility index (Phi) is 2.56. The number of carbonyl (C=O) groups excluding carboxylic acids is 1. The van der Waals surface area contributed by atoms with E-state index in [0.717, 1.165) is 16.8 Å². The van der Waals surface area contributed by atoms with E-state index in [1.165, 1.54) is 0 Å². The lowest BCUT2D eigenvalue weighted by atomic mass is 10.0. The van der Waals surface area contributed by atoms with Crippen molar-refractivity contribution in [1.29, 1.82) is 0 Å². The summed E-state index contributed by atoms with van der Waals surface area (Å²) in [6.07, 6.45) is 0. The number of hydrogen-bond acceptors (Lipinski definition) is 2. The van der Waals surface area contributed by atoms with E-state index in [1.54, 1.807) is 6.07 Å². The van der Waals surface area contributed by atoms with Crippen LogP contribution in [0.3, 0.4) is 0 Å². The number of nitrogens with one attached hydrogen (secondary N) is 1. The normalized spacial score (nSPS) is 9.77. The Morgan fingerprint density at radius 3 is 2.38 bits per heavy atom. The minimum absolute atomic E-state index is 0.372. The summed E-state index contributed by atoms with van der Waals surface area (Å²) >= 11 is 0. The van der Waals surface area contributed by atoms with E-state index < -0.39 is 0 Å². The zero-order chi connectivity index (χ0) is 10.0. The maximum absolute atomic E-state index is 11.0. The third-order valence-corrected chi connectivity index (χ3v) is 2.32. The summed E-state index contributed by atoms with van der Waals surface area (Å²) < 4.78 is 0. The van der Waals surface area contributed by atoms with Gasteiger partial charge >= 0.3 is 0 Å². The Morgan fingerprint density at radius 2 is 1.92 bits per heavy atom. The van der Waals surface area contributed by atoms with Crippen molar-refractivity contribution in [2.75, 3.05) is 12.4 Å². The average molecular weight is 178 g/mol. The molecular formula is C10H14N2O. The molecule has 0 aromatic heterocycles. The summed E-state index contributed by atoms with van der Waals surface area (Å²) in [6, 6.07) is 3.61. The average Bonchev–Trinajstić information content (AvgIpc) is 2.09. The highest BCUT2D eigenvalue weighted by Gasteiger charge is 2.08. The van der Waals surface area contributed by atoms with Gasteiger partial charge in [0.15, 0.2) is 0 Å². The van der Waals surface area contributed by atoms with Crippen LogP contribution in [0.5, 0.6) is 0 Å². The molecule has 0 fully saturated rings. The molecule has 0 saturated heterocycles. The van der Waals surface area contributed by atoms with E-state index in [4.69, 9.17) is 5.73 Å². The Balaban J connectivity index is 3.31. The fourth-order valence-corrected chi connectivity index (χ4v) is 1.36. The van der Waals surface area contributed by atoms with Gasteiger partial charge in [0.1, 0.15) is 0 Å². The zero-order valence-corrected chi connectivity index (χ0v) is 8.14. The first-order chi connectivity index (χ1) is 6.07. The van der Waals surface area contributed by atoms with Crippen molar-refractivity contribution in [3.8, 4) is 0 Å². The molecule has 1 aromatic rings. The van der Waals surface area contributed by atoms with Crippen molar-refractivity contribution < 1.29 is 4.79 Å². The second-order valence-corrected chi connectivity index (χ2v) is 3.02. The van der Waals surface area contributed by atoms with Crippen molar-refractivity contribution in [3.63, 3.8) is 0 Å². The molecular weight excluding hydrogens is 164 g/mol. The van der Waals surface area contributed by atoms with Crippen molar-refractivity contribution in [2.24, 2.45) is 5.73 Å². The van der Waals surface area contributed by atoms with Crippen LogP contribution in [0.15, 0.2) is 12.1 Å². The van der Waals surface area contributed by atoms with Crippen LogP contribution in [-0.2, 0) is 0 Å². The van der Waals surface area contributed by atoms with Crippen molar-refractivity contribution in [3.05, 3.63) is 28.8 Å². The van der Waals surface area contributed by atoms with Crippen LogP contribution in [0, 0.1) is 13.8 Å². The number of carbonyl (C=O) groups is 1. The summed E-state index contributed by atoms with van der Waals surface area (Å²) in [5, 5.41) is 3.05. The van der Waals surface area contributed by atoms with Gasteiger partial charge in [0.05, 0.1) is 0 Å². The number of primary amides is 1. The molecule has 1 rings (SSSR count). The molecule has 3 nitrogen and oxygen atoms in total. The van der Waals surface area contributed by atoms with E-state index in [1.807, 2.05) is 27.0 Å². The largest absolute Gasteiger partial charge is 0.388 e. The van der Waals surface area contributed by atoms with Gasteiger partial charge in [-0.15, -0.1) is 0 Å². The molecule has 0 atom stereocenters. The van der Waals surface area contributed by atoms with Gasteiger partial charge in [-0.05, 0) is 37.1 Å². The Bertz CT molecular complexity index is 345. The smallest absolute Gasteiger partial charge is 0.248 e. The summed E-state index contributed by atoms with van der Waals surface area (Å²) in [4.78, 5) is 11.0. The third-order valence-electron chi connectivity index (χ3n) is 2.32. The van der Waals surface area contributed by atoms with Crippen LogP contribution in [-0.4, -0.2) is 13.0 Å². The van der Waals surface area contributed by atoms with Crippen molar-refractivity contribution >= 4 is 11.6 Å². The molecule has 0 spiro atoms. The van der Waals surface area contributed by atoms with Gasteiger partial charge < -0.3 is 11.1 Å². The first-order valence-corrected chi connectivity index (χ1v) is 4.15. The predicted molar refractivity (Wildman–Crippen MR) is 54.0 cm³/mol. The van der Waals surface area contributed by atoms with E-state index in [2.05, 4.69) is 5.32 Å². The summed E-state index contributed by atoms with van der Waals surface area (Å²) in [5.74, 6) is -0.372. The summed E-state index contributed by atoms with van der Waals surface area (Å²) in [5.41, 5.74) is 8.85. The second-order valence-electron chi connectivity index (χ2n) is 3.02. The molecule has 3 N–H and O–H groups in total. The van der Waals surface area contributed by atoms with E-state index in [0.29, 0.717) is 5.56 Å². The quantitative estimate of drug-likeness (QED) is 0.720. The number of nitrogens with two attached hydrogens (primary N) is 1. The van der Waals surface area contributed by atoms with Crippen LogP contribution in [0.2, 0.25) is 0 Å². The number of anilines is 1. The minimum atomic E-state index is -0.372. The summed E-state index contributed by atoms with van der Waals surface area (Å²) in [7, 11) is 1.85.